The fraction of sp³-hybridized carbons (Fsp3) is 0.0357. The Morgan fingerprint density at radius 1 is 0.722 bits per heavy atom. The van der Waals surface area contributed by atoms with Crippen LogP contribution in [0.1, 0.15) is 16.7 Å². The molecular weight excluding hydrogens is 470 g/mol. The monoisotopic (exact) mass is 491 g/mol. The molecule has 1 aliphatic heterocycles. The zero-order valence-electron chi connectivity index (χ0n) is 19.0. The number of benzene rings is 3. The molecule has 8 heteroatoms. The number of imide groups is 1. The average Bonchev–Trinajstić information content (AvgIpc) is 3.59. The van der Waals surface area contributed by atoms with Gasteiger partial charge in [-0.1, -0.05) is 66.7 Å². The van der Waals surface area contributed by atoms with Crippen LogP contribution < -0.4 is 10.7 Å². The predicted octanol–water partition coefficient (Wildman–Crippen LogP) is 4.51. The molecule has 36 heavy (non-hydrogen) atoms. The van der Waals surface area contributed by atoms with E-state index in [2.05, 4.69) is 20.7 Å². The Labute approximate surface area is 211 Å². The SMILES string of the molecule is O=C1C(c2c[nH]c3ccccc23)=C(c2c[nH]c3ccccc23)C(=O)N1NC(=S)NCc1ccccc1. The van der Waals surface area contributed by atoms with Gasteiger partial charge < -0.3 is 15.3 Å². The normalized spacial score (nSPS) is 13.7. The number of fused-ring (bicyclic) bond motifs is 2. The number of carbonyl (C=O) groups excluding carboxylic acids is 2. The van der Waals surface area contributed by atoms with E-state index >= 15 is 0 Å². The van der Waals surface area contributed by atoms with Gasteiger partial charge in [0.1, 0.15) is 0 Å². The van der Waals surface area contributed by atoms with Crippen molar-refractivity contribution in [2.45, 2.75) is 6.54 Å². The van der Waals surface area contributed by atoms with Crippen molar-refractivity contribution in [3.8, 4) is 0 Å². The second-order valence-electron chi connectivity index (χ2n) is 8.47. The summed E-state index contributed by atoms with van der Waals surface area (Å²) in [6.07, 6.45) is 3.55. The zero-order valence-corrected chi connectivity index (χ0v) is 19.9. The fourth-order valence-corrected chi connectivity index (χ4v) is 4.77. The molecule has 0 radical (unpaired) electrons. The Bertz CT molecular complexity index is 1590. The summed E-state index contributed by atoms with van der Waals surface area (Å²) in [7, 11) is 0. The number of hydrogen-bond acceptors (Lipinski definition) is 3. The molecule has 2 amide bonds. The summed E-state index contributed by atoms with van der Waals surface area (Å²) in [5, 5.41) is 5.96. The molecule has 0 atom stereocenters. The average molecular weight is 492 g/mol. The number of nitrogens with one attached hydrogen (secondary N) is 4. The maximum absolute atomic E-state index is 13.8. The van der Waals surface area contributed by atoms with E-state index in [0.29, 0.717) is 28.8 Å². The molecule has 0 saturated carbocycles. The highest BCUT2D eigenvalue weighted by atomic mass is 32.1. The van der Waals surface area contributed by atoms with E-state index in [-0.39, 0.29) is 5.11 Å². The second-order valence-corrected chi connectivity index (χ2v) is 8.88. The molecular formula is C28H21N5O2S. The van der Waals surface area contributed by atoms with Crippen LogP contribution in [0.2, 0.25) is 0 Å². The summed E-state index contributed by atoms with van der Waals surface area (Å²) >= 11 is 5.43. The van der Waals surface area contributed by atoms with Crippen LogP contribution in [-0.4, -0.2) is 31.9 Å². The van der Waals surface area contributed by atoms with Crippen LogP contribution in [-0.2, 0) is 16.1 Å². The third-order valence-electron chi connectivity index (χ3n) is 6.31. The molecule has 0 aliphatic carbocycles. The smallest absolute Gasteiger partial charge is 0.281 e. The van der Waals surface area contributed by atoms with Gasteiger partial charge in [-0.2, -0.15) is 5.01 Å². The Balaban J connectivity index is 1.40. The summed E-state index contributed by atoms with van der Waals surface area (Å²) in [6, 6.07) is 25.1. The second kappa shape index (κ2) is 8.83. The van der Waals surface area contributed by atoms with Crippen LogP contribution in [0, 0.1) is 0 Å². The number of carbonyl (C=O) groups is 2. The quantitative estimate of drug-likeness (QED) is 0.215. The van der Waals surface area contributed by atoms with Crippen LogP contribution in [0.4, 0.5) is 0 Å². The van der Waals surface area contributed by atoms with E-state index < -0.39 is 11.8 Å². The summed E-state index contributed by atoms with van der Waals surface area (Å²) in [6.45, 7) is 0.459. The number of hydrogen-bond donors (Lipinski definition) is 4. The number of nitrogens with zero attached hydrogens (tertiary/aromatic N) is 1. The van der Waals surface area contributed by atoms with Crippen molar-refractivity contribution in [2.75, 3.05) is 0 Å². The first kappa shape index (κ1) is 21.8. The molecule has 0 fully saturated rings. The van der Waals surface area contributed by atoms with E-state index in [4.69, 9.17) is 12.2 Å². The first-order valence-corrected chi connectivity index (χ1v) is 11.9. The van der Waals surface area contributed by atoms with E-state index in [1.165, 1.54) is 0 Å². The van der Waals surface area contributed by atoms with Gasteiger partial charge >= 0.3 is 0 Å². The molecule has 2 aromatic heterocycles. The molecule has 6 rings (SSSR count). The number of H-pyrrole nitrogens is 2. The molecule has 3 heterocycles. The molecule has 176 valence electrons. The van der Waals surface area contributed by atoms with Gasteiger partial charge in [-0.05, 0) is 29.9 Å². The lowest BCUT2D eigenvalue weighted by Crippen LogP contribution is -2.50. The van der Waals surface area contributed by atoms with Crippen molar-refractivity contribution in [3.05, 3.63) is 108 Å². The van der Waals surface area contributed by atoms with Crippen molar-refractivity contribution in [1.29, 1.82) is 0 Å². The molecule has 5 aromatic rings. The van der Waals surface area contributed by atoms with Crippen LogP contribution in [0.15, 0.2) is 91.3 Å². The number of rotatable bonds is 5. The number of thiocarbonyl (C=S) groups is 1. The van der Waals surface area contributed by atoms with Crippen molar-refractivity contribution >= 4 is 62.1 Å². The number of aromatic nitrogens is 2. The molecule has 0 saturated heterocycles. The zero-order chi connectivity index (χ0) is 24.6. The van der Waals surface area contributed by atoms with Crippen LogP contribution >= 0.6 is 12.2 Å². The van der Waals surface area contributed by atoms with Gasteiger partial charge in [0.05, 0.1) is 11.1 Å². The van der Waals surface area contributed by atoms with Gasteiger partial charge in [-0.25, -0.2) is 0 Å². The number of para-hydroxylation sites is 2. The highest BCUT2D eigenvalue weighted by Gasteiger charge is 2.42. The first-order valence-electron chi connectivity index (χ1n) is 11.5. The highest BCUT2D eigenvalue weighted by molar-refractivity contribution is 7.80. The summed E-state index contributed by atoms with van der Waals surface area (Å²) in [5.41, 5.74) is 7.57. The standard InChI is InChI=1S/C28H21N5O2S/c34-26-24(20-15-29-22-12-6-4-10-18(20)22)25(21-16-30-23-13-7-5-11-19(21)23)27(35)33(26)32-28(36)31-14-17-8-2-1-3-9-17/h1-13,15-16,29-30H,14H2,(H2,31,32,36). The van der Waals surface area contributed by atoms with Crippen molar-refractivity contribution in [1.82, 2.24) is 25.7 Å². The van der Waals surface area contributed by atoms with Crippen LogP contribution in [0.5, 0.6) is 0 Å². The minimum Gasteiger partial charge on any atom is -0.361 e. The van der Waals surface area contributed by atoms with Crippen LogP contribution in [0.3, 0.4) is 0 Å². The number of hydrazine groups is 1. The van der Waals surface area contributed by atoms with E-state index in [1.54, 1.807) is 12.4 Å². The molecule has 0 unspecified atom stereocenters. The minimum atomic E-state index is -0.464. The lowest BCUT2D eigenvalue weighted by molar-refractivity contribution is -0.138. The van der Waals surface area contributed by atoms with E-state index in [1.807, 2.05) is 78.9 Å². The predicted molar refractivity (Wildman–Crippen MR) is 144 cm³/mol. The Morgan fingerprint density at radius 2 is 1.22 bits per heavy atom. The summed E-state index contributed by atoms with van der Waals surface area (Å²) in [4.78, 5) is 34.0. The molecule has 0 bridgehead atoms. The molecule has 4 N–H and O–H groups in total. The van der Waals surface area contributed by atoms with Gasteiger partial charge in [-0.15, -0.1) is 0 Å². The Morgan fingerprint density at radius 3 is 1.78 bits per heavy atom. The topological polar surface area (TPSA) is 93.0 Å². The van der Waals surface area contributed by atoms with E-state index in [0.717, 1.165) is 32.4 Å². The lowest BCUT2D eigenvalue weighted by atomic mass is 9.95. The maximum atomic E-state index is 13.8. The van der Waals surface area contributed by atoms with Crippen LogP contribution in [0.25, 0.3) is 33.0 Å². The van der Waals surface area contributed by atoms with Gasteiger partial charge in [0.2, 0.25) is 0 Å². The van der Waals surface area contributed by atoms with E-state index in [9.17, 15) is 9.59 Å². The molecule has 7 nitrogen and oxygen atoms in total. The van der Waals surface area contributed by atoms with Gasteiger partial charge in [0, 0.05) is 51.9 Å². The fourth-order valence-electron chi connectivity index (χ4n) is 4.61. The molecule has 1 aliphatic rings. The number of amides is 2. The molecule has 3 aromatic carbocycles. The molecule has 0 spiro atoms. The van der Waals surface area contributed by atoms with Gasteiger partial charge in [0.25, 0.3) is 11.8 Å². The largest absolute Gasteiger partial charge is 0.361 e. The lowest BCUT2D eigenvalue weighted by Gasteiger charge is -2.19. The third-order valence-corrected chi connectivity index (χ3v) is 6.55. The van der Waals surface area contributed by atoms with Crippen molar-refractivity contribution in [3.63, 3.8) is 0 Å². The maximum Gasteiger partial charge on any atom is 0.281 e. The summed E-state index contributed by atoms with van der Waals surface area (Å²) < 4.78 is 0. The minimum absolute atomic E-state index is 0.180. The Kier molecular flexibility index (Phi) is 5.35. The summed E-state index contributed by atoms with van der Waals surface area (Å²) in [5.74, 6) is -0.928. The first-order chi connectivity index (χ1) is 17.6. The van der Waals surface area contributed by atoms with Gasteiger partial charge in [-0.3, -0.25) is 15.0 Å². The Hall–Kier alpha value is -4.69. The van der Waals surface area contributed by atoms with Crippen molar-refractivity contribution < 1.29 is 9.59 Å². The highest BCUT2D eigenvalue weighted by Crippen LogP contribution is 2.40. The van der Waals surface area contributed by atoms with Crippen molar-refractivity contribution in [2.24, 2.45) is 0 Å². The number of aromatic amines is 2. The van der Waals surface area contributed by atoms with Gasteiger partial charge in [0.15, 0.2) is 5.11 Å². The third kappa shape index (κ3) is 3.64.